The molecule has 0 radical (unpaired) electrons. The summed E-state index contributed by atoms with van der Waals surface area (Å²) in [5.74, 6) is 0. The molecular formula is C19H26N4O2. The Hall–Kier alpha value is -2.10. The minimum absolute atomic E-state index is 0.119. The number of nitriles is 1. The molecule has 0 saturated carbocycles. The van der Waals surface area contributed by atoms with Gasteiger partial charge in [0.2, 0.25) is 0 Å². The van der Waals surface area contributed by atoms with E-state index >= 15 is 0 Å². The van der Waals surface area contributed by atoms with E-state index in [1.807, 2.05) is 41.1 Å². The number of rotatable bonds is 3. The van der Waals surface area contributed by atoms with Gasteiger partial charge in [-0.15, -0.1) is 0 Å². The molecule has 2 amide bonds. The van der Waals surface area contributed by atoms with Gasteiger partial charge in [-0.1, -0.05) is 12.1 Å². The van der Waals surface area contributed by atoms with Crippen LogP contribution in [0.15, 0.2) is 24.3 Å². The van der Waals surface area contributed by atoms with Crippen molar-refractivity contribution in [3.05, 3.63) is 35.4 Å². The maximum absolute atomic E-state index is 12.7. The van der Waals surface area contributed by atoms with E-state index in [4.69, 9.17) is 10.00 Å². The van der Waals surface area contributed by atoms with Gasteiger partial charge >= 0.3 is 6.03 Å². The molecule has 2 heterocycles. The molecule has 25 heavy (non-hydrogen) atoms. The molecule has 0 spiro atoms. The first-order chi connectivity index (χ1) is 12.2. The molecule has 2 aliphatic rings. The van der Waals surface area contributed by atoms with Gasteiger partial charge in [-0.05, 0) is 37.1 Å². The zero-order valence-electron chi connectivity index (χ0n) is 14.9. The van der Waals surface area contributed by atoms with Crippen molar-refractivity contribution in [2.45, 2.75) is 25.4 Å². The Morgan fingerprint density at radius 3 is 2.68 bits per heavy atom. The van der Waals surface area contributed by atoms with E-state index in [9.17, 15) is 4.79 Å². The summed E-state index contributed by atoms with van der Waals surface area (Å²) in [5, 5.41) is 8.90. The summed E-state index contributed by atoms with van der Waals surface area (Å²) in [5.41, 5.74) is 1.90. The molecule has 2 saturated heterocycles. The Bertz CT molecular complexity index is 619. The van der Waals surface area contributed by atoms with E-state index in [2.05, 4.69) is 11.0 Å². The number of hydrogen-bond acceptors (Lipinski definition) is 4. The van der Waals surface area contributed by atoms with Gasteiger partial charge in [0.15, 0.2) is 0 Å². The van der Waals surface area contributed by atoms with Crippen LogP contribution in [-0.2, 0) is 11.3 Å². The predicted molar refractivity (Wildman–Crippen MR) is 95.0 cm³/mol. The number of benzene rings is 1. The van der Waals surface area contributed by atoms with Crippen LogP contribution in [0.2, 0.25) is 0 Å². The van der Waals surface area contributed by atoms with Crippen LogP contribution in [0.5, 0.6) is 0 Å². The molecule has 2 fully saturated rings. The van der Waals surface area contributed by atoms with E-state index in [0.717, 1.165) is 32.5 Å². The Balaban J connectivity index is 1.56. The van der Waals surface area contributed by atoms with E-state index in [-0.39, 0.29) is 12.1 Å². The molecule has 1 unspecified atom stereocenters. The minimum Gasteiger partial charge on any atom is -0.378 e. The quantitative estimate of drug-likeness (QED) is 0.842. The van der Waals surface area contributed by atoms with Crippen molar-refractivity contribution >= 4 is 6.03 Å². The van der Waals surface area contributed by atoms with Crippen molar-refractivity contribution in [2.75, 3.05) is 46.4 Å². The van der Waals surface area contributed by atoms with Gasteiger partial charge in [0.25, 0.3) is 0 Å². The molecule has 0 aliphatic carbocycles. The van der Waals surface area contributed by atoms with Crippen LogP contribution in [-0.4, -0.2) is 73.2 Å². The molecule has 3 rings (SSSR count). The van der Waals surface area contributed by atoms with Gasteiger partial charge in [-0.25, -0.2) is 4.79 Å². The minimum atomic E-state index is 0.119. The van der Waals surface area contributed by atoms with Crippen molar-refractivity contribution in [3.63, 3.8) is 0 Å². The monoisotopic (exact) mass is 342 g/mol. The topological polar surface area (TPSA) is 59.8 Å². The van der Waals surface area contributed by atoms with E-state index in [1.54, 1.807) is 0 Å². The fraction of sp³-hybridized carbons (Fsp3) is 0.579. The summed E-state index contributed by atoms with van der Waals surface area (Å²) in [6.07, 6.45) is 2.15. The van der Waals surface area contributed by atoms with Gasteiger partial charge in [-0.2, -0.15) is 5.26 Å². The number of morpholine rings is 1. The SMILES string of the molecule is CN(C(=O)N1CCOCC1)C1CCCN(Cc2ccc(C#N)cc2)C1. The molecule has 134 valence electrons. The number of likely N-dealkylation sites (N-methyl/N-ethyl adjacent to an activating group) is 1. The molecule has 6 nitrogen and oxygen atoms in total. The highest BCUT2D eigenvalue weighted by Crippen LogP contribution is 2.19. The van der Waals surface area contributed by atoms with Gasteiger partial charge in [-0.3, -0.25) is 4.90 Å². The van der Waals surface area contributed by atoms with Crippen LogP contribution in [0, 0.1) is 11.3 Å². The predicted octanol–water partition coefficient (Wildman–Crippen LogP) is 1.91. The highest BCUT2D eigenvalue weighted by atomic mass is 16.5. The third-order valence-corrected chi connectivity index (χ3v) is 5.10. The standard InChI is InChI=1S/C19H26N4O2/c1-21(19(24)23-9-11-25-12-10-23)18-3-2-8-22(15-18)14-17-6-4-16(13-20)5-7-17/h4-7,18H,2-3,8-12,14-15H2,1H3. The lowest BCUT2D eigenvalue weighted by atomic mass is 10.0. The third kappa shape index (κ3) is 4.50. The zero-order chi connectivity index (χ0) is 17.6. The molecular weight excluding hydrogens is 316 g/mol. The number of urea groups is 1. The molecule has 6 heteroatoms. The maximum atomic E-state index is 12.7. The van der Waals surface area contributed by atoms with Crippen LogP contribution in [0.4, 0.5) is 4.79 Å². The lowest BCUT2D eigenvalue weighted by molar-refractivity contribution is 0.0365. The van der Waals surface area contributed by atoms with Crippen molar-refractivity contribution < 1.29 is 9.53 Å². The Labute approximate surface area is 149 Å². The van der Waals surface area contributed by atoms with Gasteiger partial charge < -0.3 is 14.5 Å². The normalized spacial score (nSPS) is 21.6. The second-order valence-electron chi connectivity index (χ2n) is 6.83. The number of amides is 2. The Kier molecular flexibility index (Phi) is 5.90. The van der Waals surface area contributed by atoms with Crippen molar-refractivity contribution in [1.29, 1.82) is 5.26 Å². The van der Waals surface area contributed by atoms with Crippen molar-refractivity contribution in [2.24, 2.45) is 0 Å². The number of carbonyl (C=O) groups is 1. The van der Waals surface area contributed by atoms with Gasteiger partial charge in [0.05, 0.1) is 24.8 Å². The molecule has 1 aromatic carbocycles. The lowest BCUT2D eigenvalue weighted by Gasteiger charge is -2.40. The Morgan fingerprint density at radius 1 is 1.28 bits per heavy atom. The summed E-state index contributed by atoms with van der Waals surface area (Å²) >= 11 is 0. The van der Waals surface area contributed by atoms with Crippen LogP contribution in [0.3, 0.4) is 0 Å². The summed E-state index contributed by atoms with van der Waals surface area (Å²) in [6.45, 7) is 5.45. The highest BCUT2D eigenvalue weighted by Gasteiger charge is 2.29. The second kappa shape index (κ2) is 8.32. The number of ether oxygens (including phenoxy) is 1. The molecule has 1 aromatic rings. The van der Waals surface area contributed by atoms with Gasteiger partial charge in [0, 0.05) is 39.3 Å². The fourth-order valence-corrected chi connectivity index (χ4v) is 3.57. The fourth-order valence-electron chi connectivity index (χ4n) is 3.57. The second-order valence-corrected chi connectivity index (χ2v) is 6.83. The largest absolute Gasteiger partial charge is 0.378 e. The number of carbonyl (C=O) groups excluding carboxylic acids is 1. The Morgan fingerprint density at radius 2 is 2.00 bits per heavy atom. The average Bonchev–Trinajstić information content (AvgIpc) is 2.68. The van der Waals surface area contributed by atoms with Crippen molar-refractivity contribution in [1.82, 2.24) is 14.7 Å². The molecule has 2 aliphatic heterocycles. The van der Waals surface area contributed by atoms with E-state index < -0.39 is 0 Å². The van der Waals surface area contributed by atoms with Crippen LogP contribution in [0.25, 0.3) is 0 Å². The average molecular weight is 342 g/mol. The third-order valence-electron chi connectivity index (χ3n) is 5.10. The first-order valence-corrected chi connectivity index (χ1v) is 8.98. The summed E-state index contributed by atoms with van der Waals surface area (Å²) in [6, 6.07) is 10.3. The number of hydrogen-bond donors (Lipinski definition) is 0. The molecule has 0 N–H and O–H groups in total. The maximum Gasteiger partial charge on any atom is 0.320 e. The van der Waals surface area contributed by atoms with E-state index in [0.29, 0.717) is 31.9 Å². The van der Waals surface area contributed by atoms with Crippen LogP contribution >= 0.6 is 0 Å². The van der Waals surface area contributed by atoms with E-state index in [1.165, 1.54) is 5.56 Å². The first kappa shape index (κ1) is 17.7. The van der Waals surface area contributed by atoms with Crippen LogP contribution < -0.4 is 0 Å². The molecule has 1 atom stereocenters. The van der Waals surface area contributed by atoms with Crippen LogP contribution in [0.1, 0.15) is 24.0 Å². The highest BCUT2D eigenvalue weighted by molar-refractivity contribution is 5.74. The van der Waals surface area contributed by atoms with Gasteiger partial charge in [0.1, 0.15) is 0 Å². The smallest absolute Gasteiger partial charge is 0.320 e. The number of piperidine rings is 1. The summed E-state index contributed by atoms with van der Waals surface area (Å²) in [4.78, 5) is 18.9. The summed E-state index contributed by atoms with van der Waals surface area (Å²) < 4.78 is 5.33. The number of nitrogens with zero attached hydrogens (tertiary/aromatic N) is 4. The van der Waals surface area contributed by atoms with Crippen molar-refractivity contribution in [3.8, 4) is 6.07 Å². The zero-order valence-corrected chi connectivity index (χ0v) is 14.9. The first-order valence-electron chi connectivity index (χ1n) is 8.98. The lowest BCUT2D eigenvalue weighted by Crippen LogP contribution is -2.54. The molecule has 0 bridgehead atoms. The number of likely N-dealkylation sites (tertiary alicyclic amines) is 1. The molecule has 0 aromatic heterocycles. The summed E-state index contributed by atoms with van der Waals surface area (Å²) in [7, 11) is 1.92.